The molecule has 0 saturated heterocycles. The van der Waals surface area contributed by atoms with E-state index in [9.17, 15) is 9.59 Å². The third-order valence-electron chi connectivity index (χ3n) is 2.41. The molecule has 19 heavy (non-hydrogen) atoms. The zero-order chi connectivity index (χ0) is 14.4. The summed E-state index contributed by atoms with van der Waals surface area (Å²) in [4.78, 5) is 23.6. The molecule has 2 amide bonds. The van der Waals surface area contributed by atoms with Gasteiger partial charge in [0.25, 0.3) is 5.91 Å². The Morgan fingerprint density at radius 2 is 2.05 bits per heavy atom. The standard InChI is InChI=1S/C13H16BrClN2O2/c1-3-4-16-12(18)8(2)17-13(19)9-5-10(14)7-11(15)6-9/h5-8H,3-4H2,1-2H3,(H,16,18)(H,17,19). The van der Waals surface area contributed by atoms with Crippen molar-refractivity contribution >= 4 is 39.3 Å². The quantitative estimate of drug-likeness (QED) is 0.860. The molecule has 0 aliphatic heterocycles. The van der Waals surface area contributed by atoms with Gasteiger partial charge in [-0.25, -0.2) is 0 Å². The molecule has 6 heteroatoms. The summed E-state index contributed by atoms with van der Waals surface area (Å²) in [5, 5.41) is 5.81. The van der Waals surface area contributed by atoms with Gasteiger partial charge in [-0.1, -0.05) is 34.5 Å². The number of benzene rings is 1. The highest BCUT2D eigenvalue weighted by Crippen LogP contribution is 2.19. The number of amides is 2. The number of hydrogen-bond acceptors (Lipinski definition) is 2. The van der Waals surface area contributed by atoms with E-state index in [0.29, 0.717) is 21.6 Å². The van der Waals surface area contributed by atoms with E-state index in [4.69, 9.17) is 11.6 Å². The Bertz CT molecular complexity index is 459. The maximum absolute atomic E-state index is 12.0. The van der Waals surface area contributed by atoms with Crippen molar-refractivity contribution in [2.75, 3.05) is 6.54 Å². The van der Waals surface area contributed by atoms with Gasteiger partial charge in [-0.05, 0) is 31.5 Å². The van der Waals surface area contributed by atoms with Gasteiger partial charge >= 0.3 is 0 Å². The van der Waals surface area contributed by atoms with E-state index in [-0.39, 0.29) is 11.8 Å². The Balaban J connectivity index is 2.66. The number of rotatable bonds is 5. The van der Waals surface area contributed by atoms with Gasteiger partial charge in [0.05, 0.1) is 0 Å². The zero-order valence-electron chi connectivity index (χ0n) is 10.8. The topological polar surface area (TPSA) is 58.2 Å². The molecular formula is C13H16BrClN2O2. The maximum Gasteiger partial charge on any atom is 0.252 e. The van der Waals surface area contributed by atoms with E-state index in [1.807, 2.05) is 6.92 Å². The summed E-state index contributed by atoms with van der Waals surface area (Å²) in [6, 6.07) is 4.31. The van der Waals surface area contributed by atoms with Gasteiger partial charge in [-0.15, -0.1) is 0 Å². The molecule has 4 nitrogen and oxygen atoms in total. The second-order valence-corrected chi connectivity index (χ2v) is 5.50. The van der Waals surface area contributed by atoms with Gasteiger partial charge < -0.3 is 10.6 Å². The van der Waals surface area contributed by atoms with Crippen molar-refractivity contribution in [1.82, 2.24) is 10.6 Å². The molecule has 0 bridgehead atoms. The summed E-state index contributed by atoms with van der Waals surface area (Å²) in [5.74, 6) is -0.529. The molecule has 0 aromatic heterocycles. The Morgan fingerprint density at radius 1 is 1.37 bits per heavy atom. The molecule has 0 spiro atoms. The van der Waals surface area contributed by atoms with Crippen LogP contribution in [0, 0.1) is 0 Å². The van der Waals surface area contributed by atoms with E-state index in [1.165, 1.54) is 0 Å². The van der Waals surface area contributed by atoms with Crippen LogP contribution in [-0.2, 0) is 4.79 Å². The molecule has 1 rings (SSSR count). The molecule has 1 atom stereocenters. The highest BCUT2D eigenvalue weighted by molar-refractivity contribution is 9.10. The molecule has 2 N–H and O–H groups in total. The third-order valence-corrected chi connectivity index (χ3v) is 3.09. The minimum absolute atomic E-state index is 0.198. The lowest BCUT2D eigenvalue weighted by molar-refractivity contribution is -0.122. The van der Waals surface area contributed by atoms with E-state index >= 15 is 0 Å². The van der Waals surface area contributed by atoms with Gasteiger partial charge in [-0.2, -0.15) is 0 Å². The first kappa shape index (κ1) is 16.0. The van der Waals surface area contributed by atoms with Crippen molar-refractivity contribution in [3.05, 3.63) is 33.3 Å². The van der Waals surface area contributed by atoms with Crippen LogP contribution in [0.4, 0.5) is 0 Å². The fourth-order valence-electron chi connectivity index (χ4n) is 1.43. The lowest BCUT2D eigenvalue weighted by atomic mass is 10.2. The molecule has 1 aromatic rings. The van der Waals surface area contributed by atoms with Crippen LogP contribution >= 0.6 is 27.5 Å². The number of halogens is 2. The minimum Gasteiger partial charge on any atom is -0.354 e. The number of carbonyl (C=O) groups excluding carboxylic acids is 2. The molecule has 0 saturated carbocycles. The lowest BCUT2D eigenvalue weighted by Crippen LogP contribution is -2.45. The van der Waals surface area contributed by atoms with Gasteiger partial charge in [0.15, 0.2) is 0 Å². The lowest BCUT2D eigenvalue weighted by Gasteiger charge is -2.14. The van der Waals surface area contributed by atoms with Gasteiger partial charge in [0.2, 0.25) is 5.91 Å². The largest absolute Gasteiger partial charge is 0.354 e. The van der Waals surface area contributed by atoms with E-state index < -0.39 is 6.04 Å². The van der Waals surface area contributed by atoms with Crippen molar-refractivity contribution < 1.29 is 9.59 Å². The first-order valence-corrected chi connectivity index (χ1v) is 7.15. The van der Waals surface area contributed by atoms with Crippen LogP contribution in [-0.4, -0.2) is 24.4 Å². The van der Waals surface area contributed by atoms with Crippen LogP contribution in [0.15, 0.2) is 22.7 Å². The Hall–Kier alpha value is -1.07. The van der Waals surface area contributed by atoms with Gasteiger partial charge in [0.1, 0.15) is 6.04 Å². The SMILES string of the molecule is CCCNC(=O)C(C)NC(=O)c1cc(Cl)cc(Br)c1. The van der Waals surface area contributed by atoms with Crippen LogP contribution in [0.1, 0.15) is 30.6 Å². The molecular weight excluding hydrogens is 332 g/mol. The van der Waals surface area contributed by atoms with Crippen molar-refractivity contribution in [3.63, 3.8) is 0 Å². The minimum atomic E-state index is -0.586. The van der Waals surface area contributed by atoms with Crippen LogP contribution in [0.5, 0.6) is 0 Å². The summed E-state index contributed by atoms with van der Waals surface area (Å²) in [6.45, 7) is 4.21. The number of nitrogens with one attached hydrogen (secondary N) is 2. The second-order valence-electron chi connectivity index (χ2n) is 4.14. The highest BCUT2D eigenvalue weighted by atomic mass is 79.9. The third kappa shape index (κ3) is 5.20. The van der Waals surface area contributed by atoms with Crippen molar-refractivity contribution in [2.45, 2.75) is 26.3 Å². The second kappa shape index (κ2) is 7.50. The molecule has 0 fully saturated rings. The van der Waals surface area contributed by atoms with E-state index in [1.54, 1.807) is 25.1 Å². The average Bonchev–Trinajstić information content (AvgIpc) is 2.34. The van der Waals surface area contributed by atoms with Crippen LogP contribution in [0.3, 0.4) is 0 Å². The number of hydrogen-bond donors (Lipinski definition) is 2. The van der Waals surface area contributed by atoms with Crippen molar-refractivity contribution in [2.24, 2.45) is 0 Å². The molecule has 0 heterocycles. The monoisotopic (exact) mass is 346 g/mol. The Kier molecular flexibility index (Phi) is 6.31. The molecule has 0 aliphatic carbocycles. The van der Waals surface area contributed by atoms with E-state index in [0.717, 1.165) is 6.42 Å². The van der Waals surface area contributed by atoms with Crippen molar-refractivity contribution in [3.8, 4) is 0 Å². The van der Waals surface area contributed by atoms with Crippen LogP contribution < -0.4 is 10.6 Å². The van der Waals surface area contributed by atoms with Crippen LogP contribution in [0.25, 0.3) is 0 Å². The predicted octanol–water partition coefficient (Wildman–Crippen LogP) is 2.75. The summed E-state index contributed by atoms with van der Waals surface area (Å²) in [5.41, 5.74) is 0.412. The van der Waals surface area contributed by atoms with Crippen LogP contribution in [0.2, 0.25) is 5.02 Å². The summed E-state index contributed by atoms with van der Waals surface area (Å²) < 4.78 is 0.716. The normalized spacial score (nSPS) is 11.8. The summed E-state index contributed by atoms with van der Waals surface area (Å²) in [6.07, 6.45) is 0.855. The predicted molar refractivity (Wildman–Crippen MR) is 79.4 cm³/mol. The van der Waals surface area contributed by atoms with E-state index in [2.05, 4.69) is 26.6 Å². The summed E-state index contributed by atoms with van der Waals surface area (Å²) in [7, 11) is 0. The fourth-order valence-corrected chi connectivity index (χ4v) is 2.29. The fraction of sp³-hybridized carbons (Fsp3) is 0.385. The molecule has 0 radical (unpaired) electrons. The first-order valence-electron chi connectivity index (χ1n) is 5.98. The highest BCUT2D eigenvalue weighted by Gasteiger charge is 2.16. The Morgan fingerprint density at radius 3 is 2.63 bits per heavy atom. The molecule has 1 aromatic carbocycles. The number of carbonyl (C=O) groups is 2. The molecule has 104 valence electrons. The Labute approximate surface area is 126 Å². The maximum atomic E-state index is 12.0. The molecule has 0 aliphatic rings. The molecule has 1 unspecified atom stereocenters. The van der Waals surface area contributed by atoms with Crippen molar-refractivity contribution in [1.29, 1.82) is 0 Å². The summed E-state index contributed by atoms with van der Waals surface area (Å²) >= 11 is 9.14. The first-order chi connectivity index (χ1) is 8.93. The van der Waals surface area contributed by atoms with Gasteiger partial charge in [-0.3, -0.25) is 9.59 Å². The zero-order valence-corrected chi connectivity index (χ0v) is 13.1. The average molecular weight is 348 g/mol. The van der Waals surface area contributed by atoms with Gasteiger partial charge in [0, 0.05) is 21.6 Å². The smallest absolute Gasteiger partial charge is 0.252 e.